The van der Waals surface area contributed by atoms with Gasteiger partial charge in [-0.25, -0.2) is 12.7 Å². The standard InChI is InChI=1S/C23H35N3O7S/c1-6-18-20(17(27)13-32-18)25-22(29)16(12-23(3)9-7-8-10-23)24-21(28)15-11-19(33-14(15)2)34(30,31)26(4)5/h11,16,18,20H,6-10,12-13H2,1-5H3,(H,24,28)(H,25,29)/t16-,18-,20+/m0/s1. The Morgan fingerprint density at radius 3 is 2.50 bits per heavy atom. The van der Waals surface area contributed by atoms with Crippen LogP contribution in [0.15, 0.2) is 15.6 Å². The molecule has 2 amide bonds. The average Bonchev–Trinajstić information content (AvgIpc) is 3.47. The normalized spacial score (nSPS) is 23.3. The molecule has 2 heterocycles. The quantitative estimate of drug-likeness (QED) is 0.531. The number of sulfonamides is 1. The van der Waals surface area contributed by atoms with Crippen LogP contribution in [-0.2, 0) is 24.3 Å². The van der Waals surface area contributed by atoms with E-state index in [1.54, 1.807) is 0 Å². The maximum atomic E-state index is 13.3. The Balaban J connectivity index is 1.83. The Labute approximate surface area is 200 Å². The molecule has 1 saturated carbocycles. The second-order valence-electron chi connectivity index (χ2n) is 9.78. The fourth-order valence-corrected chi connectivity index (χ4v) is 5.58. The van der Waals surface area contributed by atoms with E-state index in [1.807, 2.05) is 6.92 Å². The third kappa shape index (κ3) is 5.52. The molecule has 190 valence electrons. The first-order chi connectivity index (χ1) is 15.9. The second kappa shape index (κ2) is 10.2. The van der Waals surface area contributed by atoms with Crippen molar-refractivity contribution in [2.75, 3.05) is 20.7 Å². The number of aryl methyl sites for hydroxylation is 1. The molecule has 3 rings (SSSR count). The Bertz CT molecular complexity index is 1040. The monoisotopic (exact) mass is 497 g/mol. The lowest BCUT2D eigenvalue weighted by molar-refractivity contribution is -0.128. The number of carbonyl (C=O) groups is 3. The molecule has 2 N–H and O–H groups in total. The van der Waals surface area contributed by atoms with Gasteiger partial charge in [-0.05, 0) is 38.0 Å². The highest BCUT2D eigenvalue weighted by atomic mass is 32.2. The number of Topliss-reactive ketones (excluding diaryl/α,β-unsaturated/α-hetero) is 1. The number of hydrogen-bond acceptors (Lipinski definition) is 7. The number of ether oxygens (including phenoxy) is 1. The van der Waals surface area contributed by atoms with Gasteiger partial charge in [0, 0.05) is 20.2 Å². The van der Waals surface area contributed by atoms with Crippen molar-refractivity contribution in [3.8, 4) is 0 Å². The zero-order valence-electron chi connectivity index (χ0n) is 20.5. The number of hydrogen-bond donors (Lipinski definition) is 2. The van der Waals surface area contributed by atoms with E-state index in [2.05, 4.69) is 17.6 Å². The highest BCUT2D eigenvalue weighted by molar-refractivity contribution is 7.88. The van der Waals surface area contributed by atoms with E-state index in [9.17, 15) is 22.8 Å². The lowest BCUT2D eigenvalue weighted by atomic mass is 9.81. The van der Waals surface area contributed by atoms with Gasteiger partial charge in [0.05, 0.1) is 11.7 Å². The summed E-state index contributed by atoms with van der Waals surface area (Å²) < 4.78 is 36.6. The molecular weight excluding hydrogens is 462 g/mol. The SMILES string of the molecule is CC[C@@H]1OCC(=O)[C@H]1NC(=O)[C@H](CC1(C)CCCC1)NC(=O)c1cc(S(=O)(=O)N(C)C)oc1C. The lowest BCUT2D eigenvalue weighted by Crippen LogP contribution is -2.54. The zero-order chi connectivity index (χ0) is 25.3. The van der Waals surface area contributed by atoms with E-state index in [-0.39, 0.29) is 34.2 Å². The van der Waals surface area contributed by atoms with Crippen molar-refractivity contribution >= 4 is 27.6 Å². The van der Waals surface area contributed by atoms with Crippen LogP contribution < -0.4 is 10.6 Å². The fourth-order valence-electron chi connectivity index (χ4n) is 4.72. The zero-order valence-corrected chi connectivity index (χ0v) is 21.3. The maximum Gasteiger partial charge on any atom is 0.275 e. The predicted molar refractivity (Wildman–Crippen MR) is 124 cm³/mol. The summed E-state index contributed by atoms with van der Waals surface area (Å²) in [6, 6.07) is -0.473. The van der Waals surface area contributed by atoms with E-state index >= 15 is 0 Å². The Kier molecular flexibility index (Phi) is 7.89. The summed E-state index contributed by atoms with van der Waals surface area (Å²) >= 11 is 0. The van der Waals surface area contributed by atoms with Crippen LogP contribution in [-0.4, -0.2) is 69.2 Å². The Morgan fingerprint density at radius 2 is 1.91 bits per heavy atom. The molecule has 2 fully saturated rings. The van der Waals surface area contributed by atoms with Crippen molar-refractivity contribution in [3.05, 3.63) is 17.4 Å². The number of carbonyl (C=O) groups excluding carboxylic acids is 3. The van der Waals surface area contributed by atoms with E-state index in [0.717, 1.165) is 30.0 Å². The van der Waals surface area contributed by atoms with Crippen molar-refractivity contribution in [1.82, 2.24) is 14.9 Å². The van der Waals surface area contributed by atoms with Gasteiger partial charge >= 0.3 is 0 Å². The molecule has 11 heteroatoms. The van der Waals surface area contributed by atoms with Gasteiger partial charge in [0.2, 0.25) is 11.0 Å². The van der Waals surface area contributed by atoms with Crippen molar-refractivity contribution < 1.29 is 32.0 Å². The number of ketones is 1. The lowest BCUT2D eigenvalue weighted by Gasteiger charge is -2.30. The molecule has 1 aliphatic heterocycles. The summed E-state index contributed by atoms with van der Waals surface area (Å²) in [5, 5.41) is 5.21. The highest BCUT2D eigenvalue weighted by Gasteiger charge is 2.40. The van der Waals surface area contributed by atoms with Crippen molar-refractivity contribution in [2.24, 2.45) is 5.41 Å². The number of rotatable bonds is 9. The molecule has 34 heavy (non-hydrogen) atoms. The molecule has 0 unspecified atom stereocenters. The summed E-state index contributed by atoms with van der Waals surface area (Å²) in [5.41, 5.74) is -0.0814. The van der Waals surface area contributed by atoms with Gasteiger partial charge in [0.15, 0.2) is 5.78 Å². The summed E-state index contributed by atoms with van der Waals surface area (Å²) in [4.78, 5) is 38.7. The molecule has 0 spiro atoms. The van der Waals surface area contributed by atoms with E-state index in [1.165, 1.54) is 27.1 Å². The topological polar surface area (TPSA) is 135 Å². The van der Waals surface area contributed by atoms with Gasteiger partial charge in [-0.2, -0.15) is 0 Å². The number of amides is 2. The molecule has 0 aromatic carbocycles. The molecule has 1 aliphatic carbocycles. The van der Waals surface area contributed by atoms with E-state index in [0.29, 0.717) is 12.8 Å². The van der Waals surface area contributed by atoms with Crippen LogP contribution in [0, 0.1) is 12.3 Å². The van der Waals surface area contributed by atoms with Crippen LogP contribution in [0.3, 0.4) is 0 Å². The van der Waals surface area contributed by atoms with Crippen LogP contribution in [0.4, 0.5) is 0 Å². The number of nitrogens with one attached hydrogen (secondary N) is 2. The van der Waals surface area contributed by atoms with E-state index in [4.69, 9.17) is 9.15 Å². The van der Waals surface area contributed by atoms with Gasteiger partial charge in [-0.1, -0.05) is 26.7 Å². The number of furan rings is 1. The molecular formula is C23H35N3O7S. The smallest absolute Gasteiger partial charge is 0.275 e. The van der Waals surface area contributed by atoms with E-state index < -0.39 is 40.0 Å². The summed E-state index contributed by atoms with van der Waals surface area (Å²) in [6.07, 6.45) is 4.56. The van der Waals surface area contributed by atoms with Crippen LogP contribution in [0.1, 0.15) is 68.5 Å². The predicted octanol–water partition coefficient (Wildman–Crippen LogP) is 1.77. The average molecular weight is 498 g/mol. The van der Waals surface area contributed by atoms with Crippen molar-refractivity contribution in [2.45, 2.75) is 82.6 Å². The first-order valence-corrected chi connectivity index (χ1v) is 13.1. The van der Waals surface area contributed by atoms with Crippen LogP contribution in [0.2, 0.25) is 0 Å². The maximum absolute atomic E-state index is 13.3. The first kappa shape index (κ1) is 26.4. The van der Waals surface area contributed by atoms with Gasteiger partial charge in [-0.15, -0.1) is 0 Å². The Hall–Kier alpha value is -2.24. The minimum Gasteiger partial charge on any atom is -0.448 e. The van der Waals surface area contributed by atoms with Gasteiger partial charge in [-0.3, -0.25) is 14.4 Å². The van der Waals surface area contributed by atoms with Gasteiger partial charge < -0.3 is 19.8 Å². The van der Waals surface area contributed by atoms with Crippen molar-refractivity contribution in [3.63, 3.8) is 0 Å². The molecule has 0 radical (unpaired) electrons. The molecule has 1 saturated heterocycles. The molecule has 10 nitrogen and oxygen atoms in total. The van der Waals surface area contributed by atoms with Crippen LogP contribution in [0.25, 0.3) is 0 Å². The summed E-state index contributed by atoms with van der Waals surface area (Å²) in [6.45, 7) is 5.42. The third-order valence-corrected chi connectivity index (χ3v) is 8.53. The van der Waals surface area contributed by atoms with Crippen LogP contribution in [0.5, 0.6) is 0 Å². The highest BCUT2D eigenvalue weighted by Crippen LogP contribution is 2.41. The molecule has 1 aromatic rings. The third-order valence-electron chi connectivity index (χ3n) is 6.86. The second-order valence-corrected chi connectivity index (χ2v) is 11.9. The number of nitrogens with zero attached hydrogens (tertiary/aromatic N) is 1. The fraction of sp³-hybridized carbons (Fsp3) is 0.696. The molecule has 3 atom stereocenters. The van der Waals surface area contributed by atoms with Crippen LogP contribution >= 0.6 is 0 Å². The van der Waals surface area contributed by atoms with Gasteiger partial charge in [0.25, 0.3) is 15.9 Å². The Morgan fingerprint density at radius 1 is 1.26 bits per heavy atom. The van der Waals surface area contributed by atoms with Gasteiger partial charge in [0.1, 0.15) is 24.5 Å². The first-order valence-electron chi connectivity index (χ1n) is 11.7. The molecule has 2 aliphatic rings. The minimum atomic E-state index is -3.86. The summed E-state index contributed by atoms with van der Waals surface area (Å²) in [5.74, 6) is -1.12. The molecule has 1 aromatic heterocycles. The summed E-state index contributed by atoms with van der Waals surface area (Å²) in [7, 11) is -1.12. The minimum absolute atomic E-state index is 0.0431. The van der Waals surface area contributed by atoms with Crippen molar-refractivity contribution in [1.29, 1.82) is 0 Å². The molecule has 0 bridgehead atoms. The largest absolute Gasteiger partial charge is 0.448 e.